The Morgan fingerprint density at radius 2 is 1.65 bits per heavy atom. The Labute approximate surface area is 121 Å². The Kier molecular flexibility index (Phi) is 4.11. The van der Waals surface area contributed by atoms with Crippen LogP contribution in [-0.4, -0.2) is 24.6 Å². The molecule has 2 aliphatic rings. The summed E-state index contributed by atoms with van der Waals surface area (Å²) in [6.07, 6.45) is 5.78. The van der Waals surface area contributed by atoms with Crippen molar-refractivity contribution in [3.63, 3.8) is 0 Å². The van der Waals surface area contributed by atoms with Crippen LogP contribution in [-0.2, 0) is 20.8 Å². The molecule has 3 heteroatoms. The van der Waals surface area contributed by atoms with Crippen molar-refractivity contribution in [3.05, 3.63) is 35.9 Å². The fourth-order valence-corrected chi connectivity index (χ4v) is 2.95. The van der Waals surface area contributed by atoms with Gasteiger partial charge in [-0.25, -0.2) is 0 Å². The predicted molar refractivity (Wildman–Crippen MR) is 77.4 cm³/mol. The van der Waals surface area contributed by atoms with E-state index in [1.807, 2.05) is 18.2 Å². The van der Waals surface area contributed by atoms with Crippen LogP contribution in [0.3, 0.4) is 0 Å². The van der Waals surface area contributed by atoms with Gasteiger partial charge in [0, 0.05) is 12.8 Å². The summed E-state index contributed by atoms with van der Waals surface area (Å²) in [4.78, 5) is 0. The number of benzene rings is 1. The van der Waals surface area contributed by atoms with E-state index in [0.29, 0.717) is 19.8 Å². The lowest BCUT2D eigenvalue weighted by Gasteiger charge is -2.46. The number of ether oxygens (including phenoxy) is 3. The van der Waals surface area contributed by atoms with Crippen LogP contribution in [0.5, 0.6) is 0 Å². The smallest absolute Gasteiger partial charge is 0.168 e. The van der Waals surface area contributed by atoms with Gasteiger partial charge in [0.2, 0.25) is 0 Å². The lowest BCUT2D eigenvalue weighted by Crippen LogP contribution is -2.54. The summed E-state index contributed by atoms with van der Waals surface area (Å²) in [5.41, 5.74) is 0.852. The quantitative estimate of drug-likeness (QED) is 0.843. The molecular weight excluding hydrogens is 252 g/mol. The van der Waals surface area contributed by atoms with Gasteiger partial charge in [0.1, 0.15) is 5.60 Å². The highest BCUT2D eigenvalue weighted by molar-refractivity contribution is 5.13. The highest BCUT2D eigenvalue weighted by Crippen LogP contribution is 2.37. The molecule has 1 saturated heterocycles. The topological polar surface area (TPSA) is 27.7 Å². The van der Waals surface area contributed by atoms with Crippen molar-refractivity contribution in [3.8, 4) is 0 Å². The van der Waals surface area contributed by atoms with E-state index >= 15 is 0 Å². The molecule has 3 nitrogen and oxygen atoms in total. The first kappa shape index (κ1) is 14.1. The second kappa shape index (κ2) is 5.84. The Hall–Kier alpha value is -0.900. The molecule has 1 aliphatic carbocycles. The molecule has 110 valence electrons. The fourth-order valence-electron chi connectivity index (χ4n) is 2.95. The van der Waals surface area contributed by atoms with Gasteiger partial charge in [0.15, 0.2) is 5.79 Å². The van der Waals surface area contributed by atoms with Gasteiger partial charge in [0.25, 0.3) is 0 Å². The zero-order valence-electron chi connectivity index (χ0n) is 12.3. The lowest BCUT2D eigenvalue weighted by molar-refractivity contribution is -0.332. The zero-order chi connectivity index (χ0) is 13.9. The molecule has 1 saturated carbocycles. The first-order chi connectivity index (χ1) is 9.70. The van der Waals surface area contributed by atoms with Crippen molar-refractivity contribution in [2.45, 2.75) is 57.0 Å². The van der Waals surface area contributed by atoms with Gasteiger partial charge < -0.3 is 14.2 Å². The Morgan fingerprint density at radius 3 is 2.30 bits per heavy atom. The van der Waals surface area contributed by atoms with Gasteiger partial charge in [-0.3, -0.25) is 0 Å². The molecule has 0 atom stereocenters. The molecule has 2 fully saturated rings. The van der Waals surface area contributed by atoms with E-state index in [1.54, 1.807) is 0 Å². The standard InChI is InChI=1S/C17H24O3/c1-16(18-12-15-8-4-2-5-9-15)13-19-17(20-14-16)10-6-3-7-11-17/h2,4-5,8-9H,3,6-7,10-14H2,1H3. The van der Waals surface area contributed by atoms with E-state index in [4.69, 9.17) is 14.2 Å². The molecule has 1 spiro atoms. The minimum Gasteiger partial charge on any atom is -0.366 e. The first-order valence-electron chi connectivity index (χ1n) is 7.66. The van der Waals surface area contributed by atoms with E-state index in [9.17, 15) is 0 Å². The van der Waals surface area contributed by atoms with E-state index in [1.165, 1.54) is 24.8 Å². The van der Waals surface area contributed by atoms with Crippen LogP contribution in [0.4, 0.5) is 0 Å². The molecule has 1 aromatic carbocycles. The fraction of sp³-hybridized carbons (Fsp3) is 0.647. The average molecular weight is 276 g/mol. The highest BCUT2D eigenvalue weighted by Gasteiger charge is 2.43. The summed E-state index contributed by atoms with van der Waals surface area (Å²) in [7, 11) is 0. The molecule has 0 radical (unpaired) electrons. The molecule has 1 aromatic rings. The maximum absolute atomic E-state index is 6.06. The average Bonchev–Trinajstić information content (AvgIpc) is 2.51. The maximum atomic E-state index is 6.06. The van der Waals surface area contributed by atoms with Crippen molar-refractivity contribution >= 4 is 0 Å². The van der Waals surface area contributed by atoms with E-state index in [0.717, 1.165) is 12.8 Å². The summed E-state index contributed by atoms with van der Waals surface area (Å²) in [5, 5.41) is 0. The normalized spacial score (nSPS) is 24.6. The molecule has 0 amide bonds. The summed E-state index contributed by atoms with van der Waals surface area (Å²) in [5.74, 6) is -0.312. The van der Waals surface area contributed by atoms with Gasteiger partial charge in [-0.1, -0.05) is 36.8 Å². The molecular formula is C17H24O3. The second-order valence-electron chi connectivity index (χ2n) is 6.27. The number of hydrogen-bond donors (Lipinski definition) is 0. The molecule has 1 heterocycles. The second-order valence-corrected chi connectivity index (χ2v) is 6.27. The van der Waals surface area contributed by atoms with Crippen molar-refractivity contribution in [1.29, 1.82) is 0 Å². The van der Waals surface area contributed by atoms with Crippen molar-refractivity contribution in [2.75, 3.05) is 13.2 Å². The van der Waals surface area contributed by atoms with Crippen LogP contribution < -0.4 is 0 Å². The third-order valence-corrected chi connectivity index (χ3v) is 4.33. The third-order valence-electron chi connectivity index (χ3n) is 4.33. The molecule has 0 N–H and O–H groups in total. The van der Waals surface area contributed by atoms with Crippen LogP contribution in [0, 0.1) is 0 Å². The lowest BCUT2D eigenvalue weighted by atomic mass is 9.92. The van der Waals surface area contributed by atoms with Crippen LogP contribution in [0.1, 0.15) is 44.6 Å². The van der Waals surface area contributed by atoms with E-state index in [-0.39, 0.29) is 11.4 Å². The van der Waals surface area contributed by atoms with E-state index in [2.05, 4.69) is 19.1 Å². The predicted octanol–water partition coefficient (Wildman–Crippen LogP) is 3.67. The molecule has 20 heavy (non-hydrogen) atoms. The molecule has 1 aliphatic heterocycles. The van der Waals surface area contributed by atoms with Gasteiger partial charge in [-0.2, -0.15) is 0 Å². The highest BCUT2D eigenvalue weighted by atomic mass is 16.7. The monoisotopic (exact) mass is 276 g/mol. The van der Waals surface area contributed by atoms with Gasteiger partial charge in [0.05, 0.1) is 19.8 Å². The summed E-state index contributed by atoms with van der Waals surface area (Å²) >= 11 is 0. The van der Waals surface area contributed by atoms with Gasteiger partial charge >= 0.3 is 0 Å². The first-order valence-corrected chi connectivity index (χ1v) is 7.66. The molecule has 3 rings (SSSR count). The van der Waals surface area contributed by atoms with Crippen molar-refractivity contribution < 1.29 is 14.2 Å². The zero-order valence-corrected chi connectivity index (χ0v) is 12.3. The Balaban J connectivity index is 1.53. The molecule has 0 aromatic heterocycles. The van der Waals surface area contributed by atoms with Crippen molar-refractivity contribution in [2.24, 2.45) is 0 Å². The van der Waals surface area contributed by atoms with E-state index < -0.39 is 0 Å². The SMILES string of the molecule is CC1(OCc2ccccc2)COC2(CCCCC2)OC1. The summed E-state index contributed by atoms with van der Waals surface area (Å²) in [6.45, 7) is 3.93. The van der Waals surface area contributed by atoms with Crippen molar-refractivity contribution in [1.82, 2.24) is 0 Å². The minimum absolute atomic E-state index is 0.312. The minimum atomic E-state index is -0.335. The van der Waals surface area contributed by atoms with Crippen LogP contribution in [0.25, 0.3) is 0 Å². The summed E-state index contributed by atoms with van der Waals surface area (Å²) in [6, 6.07) is 10.2. The molecule has 0 bridgehead atoms. The summed E-state index contributed by atoms with van der Waals surface area (Å²) < 4.78 is 18.2. The Bertz CT molecular complexity index is 413. The van der Waals surface area contributed by atoms with Gasteiger partial charge in [-0.05, 0) is 25.3 Å². The Morgan fingerprint density at radius 1 is 1.00 bits per heavy atom. The third kappa shape index (κ3) is 3.22. The number of rotatable bonds is 3. The van der Waals surface area contributed by atoms with Crippen LogP contribution in [0.2, 0.25) is 0 Å². The van der Waals surface area contributed by atoms with Gasteiger partial charge in [-0.15, -0.1) is 0 Å². The van der Waals surface area contributed by atoms with Crippen LogP contribution in [0.15, 0.2) is 30.3 Å². The maximum Gasteiger partial charge on any atom is 0.168 e. The number of hydrogen-bond acceptors (Lipinski definition) is 3. The van der Waals surface area contributed by atoms with Crippen LogP contribution >= 0.6 is 0 Å². The largest absolute Gasteiger partial charge is 0.366 e. The molecule has 0 unspecified atom stereocenters.